The van der Waals surface area contributed by atoms with Crippen molar-refractivity contribution in [2.45, 2.75) is 13.8 Å². The molecule has 0 saturated heterocycles. The minimum Gasteiger partial charge on any atom is -0.399 e. The molecule has 0 aromatic heterocycles. The van der Waals surface area contributed by atoms with E-state index in [2.05, 4.69) is 0 Å². The molecule has 0 saturated carbocycles. The molecule has 0 aliphatic carbocycles. The molecule has 18 heavy (non-hydrogen) atoms. The molecular formula is C14H20N4. The van der Waals surface area contributed by atoms with E-state index in [0.29, 0.717) is 0 Å². The average molecular weight is 244 g/mol. The molecule has 0 aliphatic heterocycles. The zero-order valence-electron chi connectivity index (χ0n) is 10.8. The molecule has 0 radical (unpaired) electrons. The van der Waals surface area contributed by atoms with Gasteiger partial charge in [0, 0.05) is 22.7 Å². The first-order valence-electron chi connectivity index (χ1n) is 5.63. The van der Waals surface area contributed by atoms with Crippen molar-refractivity contribution < 1.29 is 0 Å². The minimum absolute atomic E-state index is 0.720. The molecular weight excluding hydrogens is 224 g/mol. The molecule has 0 amide bonds. The van der Waals surface area contributed by atoms with Gasteiger partial charge in [0.25, 0.3) is 0 Å². The molecule has 0 heterocycles. The summed E-state index contributed by atoms with van der Waals surface area (Å²) < 4.78 is 0. The van der Waals surface area contributed by atoms with Crippen molar-refractivity contribution >= 4 is 22.7 Å². The van der Waals surface area contributed by atoms with E-state index >= 15 is 0 Å². The second-order valence-electron chi connectivity index (χ2n) is 4.23. The average Bonchev–Trinajstić information content (AvgIpc) is 2.30. The highest BCUT2D eigenvalue weighted by atomic mass is 14.6. The van der Waals surface area contributed by atoms with E-state index in [0.717, 1.165) is 33.9 Å². The number of nitrogens with two attached hydrogens (primary N) is 4. The summed E-state index contributed by atoms with van der Waals surface area (Å²) in [5.74, 6) is 0. The molecule has 96 valence electrons. The maximum Gasteiger partial charge on any atom is 0.0364 e. The summed E-state index contributed by atoms with van der Waals surface area (Å²) in [6, 6.07) is 11.0. The fourth-order valence-corrected chi connectivity index (χ4v) is 1.32. The summed E-state index contributed by atoms with van der Waals surface area (Å²) in [6.07, 6.45) is 0. The third-order valence-electron chi connectivity index (χ3n) is 2.61. The van der Waals surface area contributed by atoms with Gasteiger partial charge in [-0.25, -0.2) is 0 Å². The van der Waals surface area contributed by atoms with Gasteiger partial charge in [-0.3, -0.25) is 0 Å². The fraction of sp³-hybridized carbons (Fsp3) is 0.143. The Hall–Kier alpha value is -2.36. The molecule has 0 unspecified atom stereocenters. The predicted octanol–water partition coefficient (Wildman–Crippen LogP) is 2.32. The Labute approximate surface area is 108 Å². The standard InChI is InChI=1S/2C7H10N2/c2*1-5-2-3-6(8)4-7(5)9/h2*2-4H,8-9H2,1H3. The van der Waals surface area contributed by atoms with Gasteiger partial charge in [-0.1, -0.05) is 12.1 Å². The lowest BCUT2D eigenvalue weighted by Crippen LogP contribution is -1.91. The lowest BCUT2D eigenvalue weighted by atomic mass is 10.2. The molecule has 0 fully saturated rings. The van der Waals surface area contributed by atoms with Gasteiger partial charge < -0.3 is 22.9 Å². The van der Waals surface area contributed by atoms with Crippen LogP contribution in [0.2, 0.25) is 0 Å². The van der Waals surface area contributed by atoms with Crippen LogP contribution in [0.4, 0.5) is 22.7 Å². The smallest absolute Gasteiger partial charge is 0.0364 e. The summed E-state index contributed by atoms with van der Waals surface area (Å²) in [7, 11) is 0. The summed E-state index contributed by atoms with van der Waals surface area (Å²) in [5.41, 5.74) is 27.1. The molecule has 4 nitrogen and oxygen atoms in total. The number of aryl methyl sites for hydroxylation is 2. The number of hydrogen-bond acceptors (Lipinski definition) is 4. The number of rotatable bonds is 0. The molecule has 0 atom stereocenters. The first-order chi connectivity index (χ1) is 8.40. The zero-order chi connectivity index (χ0) is 13.7. The maximum absolute atomic E-state index is 5.54. The molecule has 0 bridgehead atoms. The van der Waals surface area contributed by atoms with Gasteiger partial charge in [-0.2, -0.15) is 0 Å². The van der Waals surface area contributed by atoms with Gasteiger partial charge in [0.15, 0.2) is 0 Å². The highest BCUT2D eigenvalue weighted by molar-refractivity contribution is 5.56. The van der Waals surface area contributed by atoms with Gasteiger partial charge in [-0.05, 0) is 49.2 Å². The van der Waals surface area contributed by atoms with Crippen molar-refractivity contribution in [1.29, 1.82) is 0 Å². The second-order valence-corrected chi connectivity index (χ2v) is 4.23. The number of nitrogen functional groups attached to an aromatic ring is 4. The minimum atomic E-state index is 0.720. The largest absolute Gasteiger partial charge is 0.399 e. The molecule has 2 rings (SSSR count). The van der Waals surface area contributed by atoms with E-state index in [9.17, 15) is 0 Å². The normalized spacial score (nSPS) is 9.44. The van der Waals surface area contributed by atoms with Crippen molar-refractivity contribution in [3.05, 3.63) is 47.5 Å². The Kier molecular flexibility index (Phi) is 4.43. The monoisotopic (exact) mass is 244 g/mol. The lowest BCUT2D eigenvalue weighted by Gasteiger charge is -1.98. The Bertz CT molecular complexity index is 486. The Morgan fingerprint density at radius 2 is 0.944 bits per heavy atom. The second kappa shape index (κ2) is 5.82. The molecule has 2 aromatic rings. The third-order valence-corrected chi connectivity index (χ3v) is 2.61. The van der Waals surface area contributed by atoms with Crippen LogP contribution in [-0.4, -0.2) is 0 Å². The summed E-state index contributed by atoms with van der Waals surface area (Å²) in [6.45, 7) is 3.91. The van der Waals surface area contributed by atoms with Crippen LogP contribution in [0.5, 0.6) is 0 Å². The van der Waals surface area contributed by atoms with E-state index in [1.807, 2.05) is 38.1 Å². The van der Waals surface area contributed by atoms with E-state index in [-0.39, 0.29) is 0 Å². The SMILES string of the molecule is Cc1ccc(N)cc1N.Cc1ccc(N)cc1N. The number of hydrogen-bond donors (Lipinski definition) is 4. The van der Waals surface area contributed by atoms with Crippen molar-refractivity contribution in [2.75, 3.05) is 22.9 Å². The summed E-state index contributed by atoms with van der Waals surface area (Å²) in [4.78, 5) is 0. The quantitative estimate of drug-likeness (QED) is 0.534. The van der Waals surface area contributed by atoms with E-state index in [1.165, 1.54) is 0 Å². The first-order valence-corrected chi connectivity index (χ1v) is 5.63. The Morgan fingerprint density at radius 1 is 0.611 bits per heavy atom. The Balaban J connectivity index is 0.000000180. The van der Waals surface area contributed by atoms with Crippen molar-refractivity contribution in [1.82, 2.24) is 0 Å². The van der Waals surface area contributed by atoms with Crippen LogP contribution in [0.25, 0.3) is 0 Å². The molecule has 0 aliphatic rings. The van der Waals surface area contributed by atoms with Gasteiger partial charge in [0.05, 0.1) is 0 Å². The molecule has 0 spiro atoms. The first kappa shape index (κ1) is 13.7. The van der Waals surface area contributed by atoms with Crippen LogP contribution in [0, 0.1) is 13.8 Å². The van der Waals surface area contributed by atoms with Crippen LogP contribution in [-0.2, 0) is 0 Å². The van der Waals surface area contributed by atoms with E-state index in [1.54, 1.807) is 12.1 Å². The van der Waals surface area contributed by atoms with Gasteiger partial charge in [-0.15, -0.1) is 0 Å². The van der Waals surface area contributed by atoms with Gasteiger partial charge in [0.2, 0.25) is 0 Å². The van der Waals surface area contributed by atoms with Gasteiger partial charge in [0.1, 0.15) is 0 Å². The highest BCUT2D eigenvalue weighted by Crippen LogP contribution is 2.13. The summed E-state index contributed by atoms with van der Waals surface area (Å²) >= 11 is 0. The van der Waals surface area contributed by atoms with Crippen molar-refractivity contribution in [3.63, 3.8) is 0 Å². The molecule has 2 aromatic carbocycles. The third kappa shape index (κ3) is 3.90. The molecule has 8 N–H and O–H groups in total. The van der Waals surface area contributed by atoms with Crippen LogP contribution in [0.1, 0.15) is 11.1 Å². The topological polar surface area (TPSA) is 104 Å². The van der Waals surface area contributed by atoms with Crippen LogP contribution >= 0.6 is 0 Å². The predicted molar refractivity (Wildman–Crippen MR) is 80.0 cm³/mol. The van der Waals surface area contributed by atoms with Crippen LogP contribution in [0.15, 0.2) is 36.4 Å². The number of benzene rings is 2. The maximum atomic E-state index is 5.54. The van der Waals surface area contributed by atoms with Crippen molar-refractivity contribution in [3.8, 4) is 0 Å². The van der Waals surface area contributed by atoms with Gasteiger partial charge >= 0.3 is 0 Å². The van der Waals surface area contributed by atoms with Crippen LogP contribution < -0.4 is 22.9 Å². The van der Waals surface area contributed by atoms with E-state index in [4.69, 9.17) is 22.9 Å². The van der Waals surface area contributed by atoms with Crippen LogP contribution in [0.3, 0.4) is 0 Å². The Morgan fingerprint density at radius 3 is 1.17 bits per heavy atom. The zero-order valence-corrected chi connectivity index (χ0v) is 10.8. The van der Waals surface area contributed by atoms with Crippen molar-refractivity contribution in [2.24, 2.45) is 0 Å². The molecule has 4 heteroatoms. The highest BCUT2D eigenvalue weighted by Gasteiger charge is 1.91. The summed E-state index contributed by atoms with van der Waals surface area (Å²) in [5, 5.41) is 0. The number of anilines is 4. The fourth-order valence-electron chi connectivity index (χ4n) is 1.32. The van der Waals surface area contributed by atoms with E-state index < -0.39 is 0 Å². The lowest BCUT2D eigenvalue weighted by molar-refractivity contribution is 1.47.